The minimum atomic E-state index is -1.26. The highest BCUT2D eigenvalue weighted by molar-refractivity contribution is 5.99. The number of amides is 2. The number of hydrogen-bond acceptors (Lipinski definition) is 10. The van der Waals surface area contributed by atoms with E-state index in [1.165, 1.54) is 276 Å². The predicted molar refractivity (Wildman–Crippen MR) is 413 cm³/mol. The summed E-state index contributed by atoms with van der Waals surface area (Å²) in [6.07, 6.45) is 68.7. The van der Waals surface area contributed by atoms with Crippen molar-refractivity contribution in [2.45, 2.75) is 341 Å². The molecule has 2 heterocycles. The number of allylic oxidation sites excluding steroid dienone is 2. The number of anilines is 1. The molecule has 1 atom stereocenters. The van der Waals surface area contributed by atoms with Gasteiger partial charge in [-0.25, -0.2) is 19.0 Å². The van der Waals surface area contributed by atoms with E-state index in [2.05, 4.69) is 60.5 Å². The second kappa shape index (κ2) is 55.0. The number of hydrogen-bond donors (Lipinski definition) is 3. The van der Waals surface area contributed by atoms with Crippen LogP contribution in [-0.4, -0.2) is 87.5 Å². The Morgan fingerprint density at radius 3 is 1.33 bits per heavy atom. The summed E-state index contributed by atoms with van der Waals surface area (Å²) in [6, 6.07) is 13.5. The van der Waals surface area contributed by atoms with Gasteiger partial charge in [-0.15, -0.1) is 0 Å². The molecule has 0 radical (unpaired) electrons. The number of nitrogens with zero attached hydrogens (tertiary/aromatic N) is 2. The molecule has 3 aliphatic rings. The van der Waals surface area contributed by atoms with Crippen molar-refractivity contribution in [3.63, 3.8) is 0 Å². The molecule has 3 N–H and O–H groups in total. The maximum Gasteiger partial charge on any atom is 0.407 e. The number of ether oxygens (including phenoxy) is 5. The Kier molecular flexibility index (Phi) is 46.6. The van der Waals surface area contributed by atoms with Gasteiger partial charge >= 0.3 is 18.2 Å². The Morgan fingerprint density at radius 2 is 0.899 bits per heavy atom. The molecule has 0 bridgehead atoms. The summed E-state index contributed by atoms with van der Waals surface area (Å²) < 4.78 is 33.5. The van der Waals surface area contributed by atoms with E-state index < -0.39 is 23.8 Å². The van der Waals surface area contributed by atoms with Gasteiger partial charge in [0, 0.05) is 54.2 Å². The molecule has 558 valence electrons. The molecule has 2 aliphatic heterocycles. The lowest BCUT2D eigenvalue weighted by Gasteiger charge is -2.39. The number of benzene rings is 2. The fourth-order valence-corrected chi connectivity index (χ4v) is 14.4. The third kappa shape index (κ3) is 34.7. The number of esters is 1. The van der Waals surface area contributed by atoms with Gasteiger partial charge in [0.2, 0.25) is 0 Å². The second-order valence-corrected chi connectivity index (χ2v) is 28.8. The molecular weight excluding hydrogens is 1230 g/mol. The smallest absolute Gasteiger partial charge is 0.407 e. The van der Waals surface area contributed by atoms with E-state index in [0.717, 1.165) is 61.2 Å². The molecule has 5 rings (SSSR count). The van der Waals surface area contributed by atoms with E-state index in [4.69, 9.17) is 23.7 Å². The first-order chi connectivity index (χ1) is 48.7. The van der Waals surface area contributed by atoms with E-state index in [9.17, 15) is 14.4 Å². The van der Waals surface area contributed by atoms with Crippen LogP contribution in [0.5, 0.6) is 5.75 Å². The van der Waals surface area contributed by atoms with E-state index in [0.29, 0.717) is 74.3 Å². The molecule has 99 heavy (non-hydrogen) atoms. The normalized spacial score (nSPS) is 14.9. The van der Waals surface area contributed by atoms with Crippen LogP contribution in [0, 0.1) is 0 Å². The molecule has 0 saturated carbocycles. The maximum absolute atomic E-state index is 13.9. The van der Waals surface area contributed by atoms with E-state index in [1.807, 2.05) is 53.4 Å². The van der Waals surface area contributed by atoms with Crippen LogP contribution >= 0.6 is 0 Å². The number of carbonyl (C=O) groups excluding carboxylic acids is 3. The molecule has 2 aromatic rings. The molecular formula is C86H142N5O8+. The summed E-state index contributed by atoms with van der Waals surface area (Å²) in [5.74, 6) is 1.22. The van der Waals surface area contributed by atoms with Gasteiger partial charge in [0.05, 0.1) is 18.5 Å². The van der Waals surface area contributed by atoms with Gasteiger partial charge < -0.3 is 44.5 Å². The largest absolute Gasteiger partial charge is 0.473 e. The minimum Gasteiger partial charge on any atom is -0.473 e. The number of unbranched alkanes of at least 4 members (excludes halogenated alkanes) is 45. The van der Waals surface area contributed by atoms with Crippen molar-refractivity contribution in [1.82, 2.24) is 16.0 Å². The highest BCUT2D eigenvalue weighted by atomic mass is 16.6. The van der Waals surface area contributed by atoms with Gasteiger partial charge in [-0.05, 0) is 50.2 Å². The molecule has 1 spiro atoms. The highest BCUT2D eigenvalue weighted by Gasteiger charge is 2.55. The lowest BCUT2D eigenvalue weighted by molar-refractivity contribution is -0.532. The summed E-state index contributed by atoms with van der Waals surface area (Å²) in [4.78, 5) is 41.8. The van der Waals surface area contributed by atoms with Crippen LogP contribution in [0.3, 0.4) is 0 Å². The highest BCUT2D eigenvalue weighted by Crippen LogP contribution is 2.56. The van der Waals surface area contributed by atoms with Gasteiger partial charge in [-0.1, -0.05) is 341 Å². The first-order valence-corrected chi connectivity index (χ1v) is 41.2. The standard InChI is InChI=1S/C86H141N5O8/c1-6-10-13-16-19-22-25-28-31-34-37-40-43-46-49-54-63-87-74(5)95-69-67-91(68-71-97-85(94)89-65-56-51-48-45-42-39-36-33-30-27-24-21-18-15-12-8-3)76-60-62-80-82(73-76)98-81-72-75(59-61-79(81)86(80)78-58-53-52-57-77(78)83(92)99-86)90(9-4)66-70-96-84(93)88-64-55-50-47-44-41-38-35-32-29-26-23-20-17-14-11-7-2/h9,52-53,57-59,61-62,72-73,87H,4-8,10-51,54-56,60,63-71H2,1-3H3,(H-,88,89,93,94)/p+1. The molecule has 2 aromatic carbocycles. The Labute approximate surface area is 603 Å². The molecule has 1 unspecified atom stereocenters. The summed E-state index contributed by atoms with van der Waals surface area (Å²) in [5, 5.41) is 9.35. The maximum atomic E-state index is 13.9. The van der Waals surface area contributed by atoms with Crippen LogP contribution in [0.1, 0.15) is 357 Å². The topological polar surface area (TPSA) is 140 Å². The third-order valence-corrected chi connectivity index (χ3v) is 20.5. The monoisotopic (exact) mass is 1370 g/mol. The van der Waals surface area contributed by atoms with Crippen molar-refractivity contribution >= 4 is 29.6 Å². The van der Waals surface area contributed by atoms with E-state index in [1.54, 1.807) is 6.20 Å². The Bertz CT molecular complexity index is 2550. The second-order valence-electron chi connectivity index (χ2n) is 28.8. The average molecular weight is 1370 g/mol. The van der Waals surface area contributed by atoms with Crippen LogP contribution in [0.4, 0.5) is 15.3 Å². The molecule has 0 saturated heterocycles. The summed E-state index contributed by atoms with van der Waals surface area (Å²) in [7, 11) is 0. The minimum absolute atomic E-state index is 0.146. The zero-order chi connectivity index (χ0) is 70.3. The van der Waals surface area contributed by atoms with Crippen LogP contribution < -0.4 is 25.6 Å². The first kappa shape index (κ1) is 83.9. The summed E-state index contributed by atoms with van der Waals surface area (Å²) >= 11 is 0. The summed E-state index contributed by atoms with van der Waals surface area (Å²) in [6.45, 7) is 19.1. The van der Waals surface area contributed by atoms with Crippen molar-refractivity contribution < 1.29 is 42.6 Å². The molecule has 13 nitrogen and oxygen atoms in total. The number of carbonyl (C=O) groups is 3. The van der Waals surface area contributed by atoms with Crippen LogP contribution in [0.15, 0.2) is 91.2 Å². The Balaban J connectivity index is 1.12. The lowest BCUT2D eigenvalue weighted by Crippen LogP contribution is -2.39. The Morgan fingerprint density at radius 1 is 0.505 bits per heavy atom. The molecule has 2 amide bonds. The molecule has 0 fully saturated rings. The van der Waals surface area contributed by atoms with Gasteiger partial charge in [-0.3, -0.25) is 0 Å². The van der Waals surface area contributed by atoms with Crippen LogP contribution in [-0.2, 0) is 24.5 Å². The van der Waals surface area contributed by atoms with E-state index in [-0.39, 0.29) is 13.2 Å². The number of fused-ring (bicyclic) bond motifs is 6. The van der Waals surface area contributed by atoms with Crippen molar-refractivity contribution in [3.05, 3.63) is 108 Å². The van der Waals surface area contributed by atoms with Gasteiger partial charge in [0.25, 0.3) is 0 Å². The predicted octanol–water partition coefficient (Wildman–Crippen LogP) is 23.4. The Hall–Kier alpha value is -5.72. The number of nitrogens with one attached hydrogen (secondary N) is 3. The zero-order valence-electron chi connectivity index (χ0n) is 63.4. The van der Waals surface area contributed by atoms with Crippen molar-refractivity contribution in [1.29, 1.82) is 0 Å². The lowest BCUT2D eigenvalue weighted by atomic mass is 9.75. The zero-order valence-corrected chi connectivity index (χ0v) is 63.4. The average Bonchev–Trinajstić information content (AvgIpc) is 1.62. The van der Waals surface area contributed by atoms with Gasteiger partial charge in [-0.2, -0.15) is 0 Å². The van der Waals surface area contributed by atoms with Crippen molar-refractivity contribution in [3.8, 4) is 5.75 Å². The SMILES string of the molecule is C=CN(CCOC(=O)NCCCCCCCCCCCCCCCCCC)c1ccc2c(c1)OC1=CC(=[N+](CCOC(=C)NCCCCCCCCCCCCCCCCCC)CCOC(=O)NCCCCCCCCCCCCCCCCCC)CC=C1C21OC(=O)c2ccccc21. The van der Waals surface area contributed by atoms with Gasteiger partial charge in [0.15, 0.2) is 36.9 Å². The molecule has 13 heteroatoms. The van der Waals surface area contributed by atoms with E-state index >= 15 is 0 Å². The third-order valence-electron chi connectivity index (χ3n) is 20.5. The molecule has 0 aromatic heterocycles. The summed E-state index contributed by atoms with van der Waals surface area (Å²) in [5.41, 5.74) is 3.16. The number of rotatable bonds is 64. The van der Waals surface area contributed by atoms with Crippen LogP contribution in [0.2, 0.25) is 0 Å². The first-order valence-electron chi connectivity index (χ1n) is 41.2. The van der Waals surface area contributed by atoms with Crippen molar-refractivity contribution in [2.75, 3.05) is 64.0 Å². The fraction of sp³-hybridized carbons (Fsp3) is 0.721. The quantitative estimate of drug-likeness (QED) is 0.0193. The van der Waals surface area contributed by atoms with Crippen LogP contribution in [0.25, 0.3) is 0 Å². The van der Waals surface area contributed by atoms with Crippen molar-refractivity contribution in [2.24, 2.45) is 0 Å². The van der Waals surface area contributed by atoms with Gasteiger partial charge in [0.1, 0.15) is 24.7 Å². The number of alkyl carbamates (subject to hydrolysis) is 2. The fourth-order valence-electron chi connectivity index (χ4n) is 14.4. The molecule has 1 aliphatic carbocycles.